The zero-order valence-electron chi connectivity index (χ0n) is 34.3. The van der Waals surface area contributed by atoms with E-state index < -0.39 is 0 Å². The van der Waals surface area contributed by atoms with Crippen molar-refractivity contribution < 1.29 is 0 Å². The first-order chi connectivity index (χ1) is 30.3. The van der Waals surface area contributed by atoms with E-state index in [0.717, 1.165) is 38.6 Å². The van der Waals surface area contributed by atoms with Crippen molar-refractivity contribution >= 4 is 34.5 Å². The topological polar surface area (TPSA) is 18.8 Å². The summed E-state index contributed by atoms with van der Waals surface area (Å²) in [5.41, 5.74) is 21.1. The van der Waals surface area contributed by atoms with Gasteiger partial charge in [-0.3, -0.25) is 4.99 Å². The number of nitrogens with zero attached hydrogens (tertiary/aromatic N) is 3. The van der Waals surface area contributed by atoms with E-state index in [1.807, 2.05) is 6.21 Å². The summed E-state index contributed by atoms with van der Waals surface area (Å²) in [7, 11) is 0. The van der Waals surface area contributed by atoms with Crippen LogP contribution in [0.3, 0.4) is 0 Å². The number of anilines is 4. The van der Waals surface area contributed by atoms with Gasteiger partial charge in [-0.15, -0.1) is 0 Å². The zero-order valence-corrected chi connectivity index (χ0v) is 34.3. The molecular weight excluding hydrogens is 739 g/mol. The third-order valence-corrected chi connectivity index (χ3v) is 14.0. The molecule has 6 aliphatic carbocycles. The maximum atomic E-state index is 4.48. The van der Waals surface area contributed by atoms with Crippen LogP contribution in [0.5, 0.6) is 0 Å². The molecule has 3 heteroatoms. The Labute approximate surface area is 359 Å². The number of hydrogen-bond acceptors (Lipinski definition) is 3. The van der Waals surface area contributed by atoms with E-state index in [9.17, 15) is 0 Å². The Balaban J connectivity index is 1.06. The Bertz CT molecular complexity index is 2940. The van der Waals surface area contributed by atoms with Crippen LogP contribution in [0.15, 0.2) is 227 Å². The third kappa shape index (κ3) is 5.75. The van der Waals surface area contributed by atoms with Crippen LogP contribution in [0.2, 0.25) is 0 Å². The number of aliphatic imine (C=N–C) groups is 1. The van der Waals surface area contributed by atoms with Gasteiger partial charge in [0.05, 0.1) is 11.5 Å². The number of allylic oxidation sites excluding steroid dienone is 15. The number of dihydropyridines is 1. The van der Waals surface area contributed by atoms with E-state index in [2.05, 4.69) is 209 Å². The average Bonchev–Trinajstić information content (AvgIpc) is 3.79. The van der Waals surface area contributed by atoms with Gasteiger partial charge in [0.1, 0.15) is 0 Å². The molecule has 0 saturated heterocycles. The fourth-order valence-corrected chi connectivity index (χ4v) is 11.3. The van der Waals surface area contributed by atoms with Gasteiger partial charge in [0.25, 0.3) is 0 Å². The smallest absolute Gasteiger partial charge is 0.0689 e. The van der Waals surface area contributed by atoms with E-state index >= 15 is 0 Å². The minimum Gasteiger partial charge on any atom is -0.334 e. The fraction of sp³-hybridized carbons (Fsp3) is 0.155. The highest BCUT2D eigenvalue weighted by Crippen LogP contribution is 2.65. The molecule has 5 aromatic carbocycles. The second kappa shape index (κ2) is 14.6. The Kier molecular flexibility index (Phi) is 8.62. The second-order valence-corrected chi connectivity index (χ2v) is 17.2. The molecule has 0 aromatic heterocycles. The first kappa shape index (κ1) is 35.9. The molecule has 0 saturated carbocycles. The Morgan fingerprint density at radius 1 is 0.574 bits per heavy atom. The van der Waals surface area contributed by atoms with Crippen LogP contribution in [0.4, 0.5) is 22.7 Å². The van der Waals surface area contributed by atoms with E-state index in [-0.39, 0.29) is 11.5 Å². The summed E-state index contributed by atoms with van der Waals surface area (Å²) in [5, 5.41) is 0. The lowest BCUT2D eigenvalue weighted by Crippen LogP contribution is -2.30. The molecule has 0 radical (unpaired) electrons. The van der Waals surface area contributed by atoms with E-state index in [4.69, 9.17) is 0 Å². The van der Waals surface area contributed by atoms with Gasteiger partial charge in [-0.05, 0) is 148 Å². The first-order valence-electron chi connectivity index (χ1n) is 22.1. The highest BCUT2D eigenvalue weighted by Gasteiger charge is 2.53. The van der Waals surface area contributed by atoms with Gasteiger partial charge >= 0.3 is 0 Å². The minimum atomic E-state index is -0.383. The molecule has 1 heterocycles. The largest absolute Gasteiger partial charge is 0.334 e. The van der Waals surface area contributed by atoms with Crippen LogP contribution in [-0.4, -0.2) is 18.8 Å². The Morgan fingerprint density at radius 2 is 1.33 bits per heavy atom. The molecule has 5 aromatic rings. The van der Waals surface area contributed by atoms with Crippen molar-refractivity contribution in [2.45, 2.75) is 43.6 Å². The van der Waals surface area contributed by atoms with Crippen LogP contribution in [0, 0.1) is 5.92 Å². The van der Waals surface area contributed by atoms with E-state index in [1.54, 1.807) is 0 Å². The average molecular weight is 786 g/mol. The number of para-hydroxylation sites is 1. The Hall–Kier alpha value is -6.97. The highest BCUT2D eigenvalue weighted by atomic mass is 15.2. The summed E-state index contributed by atoms with van der Waals surface area (Å²) in [6.07, 6.45) is 34.5. The maximum Gasteiger partial charge on any atom is 0.0689 e. The lowest BCUT2D eigenvalue weighted by Gasteiger charge is -2.37. The van der Waals surface area contributed by atoms with Gasteiger partial charge in [0.15, 0.2) is 0 Å². The molecule has 1 spiro atoms. The van der Waals surface area contributed by atoms with E-state index in [0.29, 0.717) is 5.92 Å². The normalized spacial score (nSPS) is 22.4. The van der Waals surface area contributed by atoms with Gasteiger partial charge < -0.3 is 9.80 Å². The van der Waals surface area contributed by atoms with Crippen molar-refractivity contribution in [2.24, 2.45) is 10.9 Å². The van der Waals surface area contributed by atoms with Crippen LogP contribution in [0.25, 0.3) is 16.7 Å². The summed E-state index contributed by atoms with van der Waals surface area (Å²) in [6.45, 7) is 0.869. The molecule has 12 rings (SSSR count). The number of rotatable bonds is 7. The lowest BCUT2D eigenvalue weighted by atomic mass is 9.66. The van der Waals surface area contributed by atoms with Gasteiger partial charge in [-0.25, -0.2) is 0 Å². The number of hydrogen-bond donors (Lipinski definition) is 0. The van der Waals surface area contributed by atoms with Crippen molar-refractivity contribution in [3.8, 4) is 11.1 Å². The quantitative estimate of drug-likeness (QED) is 0.164. The van der Waals surface area contributed by atoms with Crippen molar-refractivity contribution in [1.82, 2.24) is 0 Å². The van der Waals surface area contributed by atoms with Crippen LogP contribution < -0.4 is 9.80 Å². The molecule has 61 heavy (non-hydrogen) atoms. The van der Waals surface area contributed by atoms with E-state index in [1.165, 1.54) is 89.7 Å². The maximum absolute atomic E-state index is 4.48. The molecule has 0 fully saturated rings. The summed E-state index contributed by atoms with van der Waals surface area (Å²) in [6, 6.07) is 46.2. The molecule has 294 valence electrons. The second-order valence-electron chi connectivity index (χ2n) is 17.2. The predicted octanol–water partition coefficient (Wildman–Crippen LogP) is 14.0. The molecule has 0 N–H and O–H groups in total. The number of benzene rings is 5. The predicted molar refractivity (Wildman–Crippen MR) is 255 cm³/mol. The molecule has 1 aliphatic heterocycles. The van der Waals surface area contributed by atoms with Crippen molar-refractivity contribution in [3.05, 3.63) is 244 Å². The summed E-state index contributed by atoms with van der Waals surface area (Å²) in [4.78, 5) is 9.55. The van der Waals surface area contributed by atoms with Crippen molar-refractivity contribution in [3.63, 3.8) is 0 Å². The molecule has 7 aliphatic rings. The Morgan fingerprint density at radius 3 is 2.15 bits per heavy atom. The number of fused-ring (bicyclic) bond motifs is 10. The monoisotopic (exact) mass is 785 g/mol. The molecule has 0 amide bonds. The SMILES string of the molecule is C1=CCC(N(c2ccccc2)c2cccc(N(C3=CC=C(C4=CC=NCC4)CC3)c3ccc4c(c3)C3(C5=C(C=C6C=CC=CC6C5)c5ccccc53)c3ccccc3-4)c2)C=C1. The standard InChI is InChI=1S/C58H47N3/c1-3-16-44(17-4-1)60(45-18-5-2-6-19-45)47-20-13-21-48(38-47)61(46-28-26-40(27-29-46)41-32-34-59-35-33-41)49-30-31-52-50-22-9-11-24-54(50)58(57(52)39-49)55-25-12-10-23-51(55)53-36-42-14-7-8-15-43(42)37-56(53)58/h1-18,20-26,28,30-32,34,36,38-39,43,45H,19,27,29,33,35,37H2. The van der Waals surface area contributed by atoms with Gasteiger partial charge in [0, 0.05) is 47.1 Å². The molecule has 0 bridgehead atoms. The summed E-state index contributed by atoms with van der Waals surface area (Å²) < 4.78 is 0. The van der Waals surface area contributed by atoms with Crippen LogP contribution >= 0.6 is 0 Å². The molecule has 3 unspecified atom stereocenters. The van der Waals surface area contributed by atoms with Crippen LogP contribution in [0.1, 0.15) is 54.4 Å². The third-order valence-electron chi connectivity index (χ3n) is 14.0. The first-order valence-corrected chi connectivity index (χ1v) is 22.1. The molecule has 3 nitrogen and oxygen atoms in total. The van der Waals surface area contributed by atoms with Gasteiger partial charge in [-0.2, -0.15) is 0 Å². The highest BCUT2D eigenvalue weighted by molar-refractivity contribution is 5.98. The van der Waals surface area contributed by atoms with Crippen LogP contribution in [-0.2, 0) is 5.41 Å². The van der Waals surface area contributed by atoms with Gasteiger partial charge in [-0.1, -0.05) is 140 Å². The van der Waals surface area contributed by atoms with Crippen molar-refractivity contribution in [1.29, 1.82) is 0 Å². The zero-order chi connectivity index (χ0) is 40.3. The minimum absolute atomic E-state index is 0.214. The molecule has 3 atom stereocenters. The van der Waals surface area contributed by atoms with Gasteiger partial charge in [0.2, 0.25) is 0 Å². The molecular formula is C58H47N3. The van der Waals surface area contributed by atoms with Crippen molar-refractivity contribution in [2.75, 3.05) is 16.3 Å². The summed E-state index contributed by atoms with van der Waals surface area (Å²) >= 11 is 0. The summed E-state index contributed by atoms with van der Waals surface area (Å²) in [5.74, 6) is 0.370. The lowest BCUT2D eigenvalue weighted by molar-refractivity contribution is 0.651. The fourth-order valence-electron chi connectivity index (χ4n) is 11.3.